The Labute approximate surface area is 394 Å². The molecule has 3 amide bonds. The smallest absolute Gasteiger partial charge is 0.419 e. The Bertz CT molecular complexity index is 2990. The molecule has 2 atom stereocenters. The lowest BCUT2D eigenvalue weighted by molar-refractivity contribution is 0.101. The fourth-order valence-corrected chi connectivity index (χ4v) is 7.61. The van der Waals surface area contributed by atoms with Crippen LogP contribution in [0.1, 0.15) is 87.2 Å². The minimum atomic E-state index is -1.61. The maximum Gasteiger partial charge on any atom is 0.419 e. The van der Waals surface area contributed by atoms with E-state index in [1.807, 2.05) is 0 Å². The van der Waals surface area contributed by atoms with Crippen LogP contribution in [0.5, 0.6) is 0 Å². The Kier molecular flexibility index (Phi) is 15.9. The van der Waals surface area contributed by atoms with Crippen molar-refractivity contribution in [1.82, 2.24) is 53.5 Å². The fraction of sp³-hybridized carbons (Fsp3) is 0.295. The summed E-state index contributed by atoms with van der Waals surface area (Å²) in [6.07, 6.45) is 12.2. The van der Waals surface area contributed by atoms with Crippen molar-refractivity contribution >= 4 is 35.4 Å². The van der Waals surface area contributed by atoms with Crippen LogP contribution in [0.4, 0.5) is 47.3 Å². The molecule has 5 heterocycles. The summed E-state index contributed by atoms with van der Waals surface area (Å²) in [6.45, 7) is -0.0304. The summed E-state index contributed by atoms with van der Waals surface area (Å²) in [5.41, 5.74) is 9.47. The molecule has 0 aliphatic heterocycles. The van der Waals surface area contributed by atoms with Crippen LogP contribution in [0, 0.1) is 34.9 Å². The molecule has 5 aromatic heterocycles. The van der Waals surface area contributed by atoms with Crippen LogP contribution in [0.25, 0.3) is 0 Å². The number of aromatic nitrogens is 10. The van der Waals surface area contributed by atoms with Crippen LogP contribution >= 0.6 is 0 Å². The normalized spacial score (nSPS) is 14.2. The lowest BCUT2D eigenvalue weighted by Crippen LogP contribution is -2.27. The molecule has 26 heteroatoms. The zero-order valence-electron chi connectivity index (χ0n) is 37.0. The van der Waals surface area contributed by atoms with Gasteiger partial charge in [0.25, 0.3) is 11.8 Å². The Morgan fingerprint density at radius 1 is 0.686 bits per heavy atom. The minimum Gasteiger partial charge on any atom is -0.441 e. The highest BCUT2D eigenvalue weighted by Crippen LogP contribution is 2.36. The molecule has 0 saturated heterocycles. The second-order valence-electron chi connectivity index (χ2n) is 15.6. The molecule has 5 N–H and O–H groups in total. The third-order valence-electron chi connectivity index (χ3n) is 10.7. The van der Waals surface area contributed by atoms with Crippen LogP contribution in [0.2, 0.25) is 0 Å². The van der Waals surface area contributed by atoms with Crippen molar-refractivity contribution in [3.8, 4) is 0 Å². The van der Waals surface area contributed by atoms with E-state index >= 15 is 0 Å². The van der Waals surface area contributed by atoms with Gasteiger partial charge in [-0.1, -0.05) is 7.43 Å². The third-order valence-corrected chi connectivity index (χ3v) is 10.7. The van der Waals surface area contributed by atoms with Gasteiger partial charge in [0.05, 0.1) is 6.04 Å². The van der Waals surface area contributed by atoms with Gasteiger partial charge in [0.1, 0.15) is 30.4 Å². The van der Waals surface area contributed by atoms with E-state index in [9.17, 15) is 45.5 Å². The van der Waals surface area contributed by atoms with Crippen molar-refractivity contribution < 1.29 is 55.0 Å². The summed E-state index contributed by atoms with van der Waals surface area (Å²) in [4.78, 5) is 60.2. The quantitative estimate of drug-likeness (QED) is 0.0933. The van der Waals surface area contributed by atoms with Gasteiger partial charge in [-0.15, -0.1) is 0 Å². The monoisotopic (exact) mass is 980 g/mol. The first kappa shape index (κ1) is 51.1. The molecule has 2 unspecified atom stereocenters. The van der Waals surface area contributed by atoms with Gasteiger partial charge in [-0.05, 0) is 47.9 Å². The van der Waals surface area contributed by atoms with Crippen molar-refractivity contribution in [2.24, 2.45) is 33.9 Å². The number of fused-ring (bicyclic) bond motifs is 2. The Hall–Kier alpha value is -8.29. The lowest BCUT2D eigenvalue weighted by atomic mass is 10.1. The van der Waals surface area contributed by atoms with Gasteiger partial charge in [-0.25, -0.2) is 55.5 Å². The van der Waals surface area contributed by atoms with Gasteiger partial charge < -0.3 is 40.3 Å². The third kappa shape index (κ3) is 11.7. The first-order valence-corrected chi connectivity index (χ1v) is 20.7. The molecular weight excluding hydrogens is 935 g/mol. The first-order valence-electron chi connectivity index (χ1n) is 20.7. The highest BCUT2D eigenvalue weighted by atomic mass is 19.2. The van der Waals surface area contributed by atoms with E-state index in [1.54, 1.807) is 60.7 Å². The van der Waals surface area contributed by atoms with Gasteiger partial charge in [-0.2, -0.15) is 10.2 Å². The molecule has 7 aromatic rings. The standard InChI is InChI=1S/C20H19F3N6O3.C15H14F3N3O.C8H9N5O2.CH4/c1-28-7-12-11(18(28)19(30)25-10-5-13(21)17(23)14(22)6-10)3-4-15(12)26-20(31)32-8-16-24-9-29(2)27-16;1-21-6-9-8(2-3-12(9)19)14(21)15(22)20-7-4-10(16)13(18)11(17)5-7;1-12-6-10-7(11-12)4-15-8(14)13-3-2-9-5-13;/h5-7,9,15H,3-4,8H2,1-2H3,(H,25,30)(H,26,31);4-6,12H,2-3,19H2,1H3,(H,20,22);2-3,5-6H,4H2,1H3;1H4. The number of nitrogens with zero attached hydrogens (tertiary/aromatic N) is 10. The van der Waals surface area contributed by atoms with Gasteiger partial charge in [-0.3, -0.25) is 19.0 Å². The fourth-order valence-electron chi connectivity index (χ4n) is 7.61. The average molecular weight is 981 g/mol. The molecule has 2 aliphatic rings. The van der Waals surface area contributed by atoms with E-state index in [4.69, 9.17) is 15.2 Å². The van der Waals surface area contributed by atoms with Crippen molar-refractivity contribution in [2.45, 2.75) is 58.4 Å². The zero-order valence-corrected chi connectivity index (χ0v) is 37.0. The number of amides is 3. The number of benzene rings is 2. The first-order chi connectivity index (χ1) is 32.9. The molecule has 9 rings (SSSR count). The van der Waals surface area contributed by atoms with E-state index < -0.39 is 58.9 Å². The van der Waals surface area contributed by atoms with E-state index in [-0.39, 0.29) is 49.8 Å². The zero-order chi connectivity index (χ0) is 49.7. The van der Waals surface area contributed by atoms with Crippen molar-refractivity contribution in [3.05, 3.63) is 148 Å². The summed E-state index contributed by atoms with van der Waals surface area (Å²) in [5.74, 6) is -8.97. The van der Waals surface area contributed by atoms with Crippen LogP contribution in [0.15, 0.2) is 68.0 Å². The van der Waals surface area contributed by atoms with Crippen LogP contribution in [0.3, 0.4) is 0 Å². The summed E-state index contributed by atoms with van der Waals surface area (Å²) in [6, 6.07) is 2.41. The van der Waals surface area contributed by atoms with Crippen LogP contribution in [-0.4, -0.2) is 72.2 Å². The molecule has 0 saturated carbocycles. The second kappa shape index (κ2) is 21.8. The van der Waals surface area contributed by atoms with E-state index in [0.717, 1.165) is 35.2 Å². The number of hydrogen-bond donors (Lipinski definition) is 4. The van der Waals surface area contributed by atoms with Gasteiger partial charge >= 0.3 is 12.2 Å². The SMILES string of the molecule is C.Cn1cc2c(c1C(=O)Nc1cc(F)c(F)c(F)c1)CCC2N.Cn1cnc(COC(=O)NC2CCc3c2cn(C)c3C(=O)Nc2cc(F)c(F)c(F)c2)n1.Cn1cnc(COC(=O)n2ccnc2)n1. The van der Waals surface area contributed by atoms with E-state index in [1.165, 1.54) is 34.3 Å². The second-order valence-corrected chi connectivity index (χ2v) is 15.6. The van der Waals surface area contributed by atoms with E-state index in [0.29, 0.717) is 54.3 Å². The molecule has 70 heavy (non-hydrogen) atoms. The van der Waals surface area contributed by atoms with E-state index in [2.05, 4.69) is 41.1 Å². The lowest BCUT2D eigenvalue weighted by Gasteiger charge is -2.12. The topological polar surface area (TPSA) is 238 Å². The van der Waals surface area contributed by atoms with Crippen molar-refractivity contribution in [1.29, 1.82) is 0 Å². The molecule has 20 nitrogen and oxygen atoms in total. The van der Waals surface area contributed by atoms with Gasteiger partial charge in [0, 0.05) is 94.7 Å². The number of rotatable bonds is 9. The number of anilines is 2. The minimum absolute atomic E-state index is 0. The summed E-state index contributed by atoms with van der Waals surface area (Å²) in [5, 5.41) is 15.5. The summed E-state index contributed by atoms with van der Waals surface area (Å²) in [7, 11) is 6.78. The number of imidazole rings is 1. The van der Waals surface area contributed by atoms with Crippen molar-refractivity contribution in [2.75, 3.05) is 10.6 Å². The number of halogens is 6. The van der Waals surface area contributed by atoms with Crippen LogP contribution in [-0.2, 0) is 63.7 Å². The molecule has 0 fully saturated rings. The number of carbonyl (C=O) groups is 4. The Balaban J connectivity index is 0.000000183. The summed E-state index contributed by atoms with van der Waals surface area (Å²) >= 11 is 0. The summed E-state index contributed by atoms with van der Waals surface area (Å²) < 4.78 is 96.9. The maximum absolute atomic E-state index is 13.4. The number of hydrogen-bond acceptors (Lipinski definition) is 12. The number of nitrogens with one attached hydrogen (secondary N) is 3. The number of alkyl carbamates (subject to hydrolysis) is 1. The Morgan fingerprint density at radius 2 is 1.16 bits per heavy atom. The van der Waals surface area contributed by atoms with Gasteiger partial charge in [0.2, 0.25) is 0 Å². The predicted molar refractivity (Wildman–Crippen MR) is 236 cm³/mol. The van der Waals surface area contributed by atoms with Crippen molar-refractivity contribution in [3.63, 3.8) is 0 Å². The largest absolute Gasteiger partial charge is 0.441 e. The maximum atomic E-state index is 13.4. The number of carbonyl (C=O) groups excluding carboxylic acids is 4. The molecule has 370 valence electrons. The molecule has 0 bridgehead atoms. The average Bonchev–Trinajstić information content (AvgIpc) is 4.18. The number of ether oxygens (including phenoxy) is 2. The highest BCUT2D eigenvalue weighted by Gasteiger charge is 2.32. The highest BCUT2D eigenvalue weighted by molar-refractivity contribution is 6.05. The molecule has 0 spiro atoms. The molecule has 2 aliphatic carbocycles. The number of nitrogens with two attached hydrogens (primary N) is 1. The number of aryl methyl sites for hydroxylation is 4. The predicted octanol–water partition coefficient (Wildman–Crippen LogP) is 6.21. The molecule has 0 radical (unpaired) electrons. The molecular formula is C44H46F6N14O6. The van der Waals surface area contributed by atoms with Crippen LogP contribution < -0.4 is 21.7 Å². The van der Waals surface area contributed by atoms with Gasteiger partial charge in [0.15, 0.2) is 59.8 Å². The molecule has 2 aromatic carbocycles. The Morgan fingerprint density at radius 3 is 1.63 bits per heavy atom.